The summed E-state index contributed by atoms with van der Waals surface area (Å²) in [5.74, 6) is 0.0840. The zero-order chi connectivity index (χ0) is 34.8. The van der Waals surface area contributed by atoms with Gasteiger partial charge in [0.15, 0.2) is 5.82 Å². The maximum absolute atomic E-state index is 13.6. The lowest BCUT2D eigenvalue weighted by atomic mass is 9.80. The van der Waals surface area contributed by atoms with E-state index in [1.54, 1.807) is 6.20 Å². The number of halogens is 6. The van der Waals surface area contributed by atoms with Crippen LogP contribution in [-0.4, -0.2) is 51.2 Å². The van der Waals surface area contributed by atoms with Crippen LogP contribution in [0.15, 0.2) is 54.7 Å². The van der Waals surface area contributed by atoms with E-state index in [2.05, 4.69) is 0 Å². The number of hydrogen-bond acceptors (Lipinski definition) is 6. The number of aliphatic carboxylic acids is 1. The van der Waals surface area contributed by atoms with Gasteiger partial charge in [0.05, 0.1) is 35.6 Å². The average molecular weight is 679 g/mol. The van der Waals surface area contributed by atoms with Crippen molar-refractivity contribution in [2.24, 2.45) is 11.8 Å². The largest absolute Gasteiger partial charge is 0.481 e. The second-order valence-corrected chi connectivity index (χ2v) is 12.4. The van der Waals surface area contributed by atoms with Crippen LogP contribution in [0.25, 0.3) is 11.3 Å². The SMILES string of the molecule is CCN(CC1CCC(CC(=O)O)CC1)c1ncc(-c2ccccc2)nc1CN1C(=O)O[C@H](c2cc(C(F)(F)F)cc(C(F)(F)F)c2)[C@@H]1C. The van der Waals surface area contributed by atoms with E-state index in [1.807, 2.05) is 42.2 Å². The number of rotatable bonds is 10. The molecule has 2 aliphatic rings. The first-order valence-electron chi connectivity index (χ1n) is 15.8. The number of ether oxygens (including phenoxy) is 1. The summed E-state index contributed by atoms with van der Waals surface area (Å²) in [5.41, 5.74) is -1.73. The predicted octanol–water partition coefficient (Wildman–Crippen LogP) is 8.37. The lowest BCUT2D eigenvalue weighted by Gasteiger charge is -2.33. The smallest absolute Gasteiger partial charge is 0.416 e. The summed E-state index contributed by atoms with van der Waals surface area (Å²) in [6.45, 7) is 4.43. The number of benzene rings is 2. The number of cyclic esters (lactones) is 1. The molecule has 1 saturated heterocycles. The molecule has 1 amide bonds. The minimum atomic E-state index is -5.05. The number of carbonyl (C=O) groups is 2. The summed E-state index contributed by atoms with van der Waals surface area (Å²) >= 11 is 0. The van der Waals surface area contributed by atoms with Gasteiger partial charge in [0, 0.05) is 25.1 Å². The summed E-state index contributed by atoms with van der Waals surface area (Å²) in [6.07, 6.45) is -7.38. The number of hydrogen-bond donors (Lipinski definition) is 1. The molecule has 14 heteroatoms. The van der Waals surface area contributed by atoms with Gasteiger partial charge in [-0.1, -0.05) is 30.3 Å². The Labute approximate surface area is 273 Å². The van der Waals surface area contributed by atoms with Crippen molar-refractivity contribution in [3.63, 3.8) is 0 Å². The first-order valence-corrected chi connectivity index (χ1v) is 15.8. The maximum Gasteiger partial charge on any atom is 0.416 e. The molecule has 5 rings (SSSR count). The molecule has 2 aromatic carbocycles. The highest BCUT2D eigenvalue weighted by Crippen LogP contribution is 2.41. The van der Waals surface area contributed by atoms with Gasteiger partial charge in [-0.05, 0) is 75.1 Å². The number of carboxylic acids is 1. The number of amides is 1. The molecule has 1 N–H and O–H groups in total. The lowest BCUT2D eigenvalue weighted by molar-refractivity contribution is -0.143. The molecule has 8 nitrogen and oxygen atoms in total. The first-order chi connectivity index (χ1) is 22.6. The second kappa shape index (κ2) is 14.0. The van der Waals surface area contributed by atoms with Gasteiger partial charge in [-0.2, -0.15) is 26.3 Å². The Morgan fingerprint density at radius 2 is 1.58 bits per heavy atom. The number of nitrogens with zero attached hydrogens (tertiary/aromatic N) is 4. The van der Waals surface area contributed by atoms with Crippen molar-refractivity contribution < 1.29 is 45.8 Å². The molecule has 0 radical (unpaired) electrons. The second-order valence-electron chi connectivity index (χ2n) is 12.4. The van der Waals surface area contributed by atoms with Crippen molar-refractivity contribution in [3.05, 3.63) is 77.1 Å². The minimum absolute atomic E-state index is 0.0393. The van der Waals surface area contributed by atoms with Gasteiger partial charge in [-0.3, -0.25) is 9.69 Å². The Hall–Kier alpha value is -4.36. The van der Waals surface area contributed by atoms with Gasteiger partial charge in [0.25, 0.3) is 0 Å². The molecule has 1 aromatic heterocycles. The Morgan fingerprint density at radius 1 is 0.979 bits per heavy atom. The van der Waals surface area contributed by atoms with Crippen LogP contribution in [0.4, 0.5) is 37.0 Å². The van der Waals surface area contributed by atoms with E-state index < -0.39 is 53.3 Å². The molecule has 2 heterocycles. The van der Waals surface area contributed by atoms with E-state index in [4.69, 9.17) is 14.7 Å². The molecule has 258 valence electrons. The van der Waals surface area contributed by atoms with Crippen LogP contribution in [0.3, 0.4) is 0 Å². The Balaban J connectivity index is 1.45. The van der Waals surface area contributed by atoms with Gasteiger partial charge in [0.2, 0.25) is 0 Å². The summed E-state index contributed by atoms with van der Waals surface area (Å²) in [5, 5.41) is 9.17. The van der Waals surface area contributed by atoms with E-state index in [0.717, 1.165) is 31.2 Å². The lowest BCUT2D eigenvalue weighted by Crippen LogP contribution is -2.36. The van der Waals surface area contributed by atoms with Crippen molar-refractivity contribution in [2.75, 3.05) is 18.0 Å². The number of anilines is 1. The molecule has 1 saturated carbocycles. The highest BCUT2D eigenvalue weighted by molar-refractivity contribution is 5.71. The molecule has 0 spiro atoms. The number of alkyl halides is 6. The van der Waals surface area contributed by atoms with Crippen molar-refractivity contribution in [3.8, 4) is 11.3 Å². The first kappa shape index (κ1) is 35.0. The van der Waals surface area contributed by atoms with E-state index >= 15 is 0 Å². The molecule has 0 bridgehead atoms. The zero-order valence-electron chi connectivity index (χ0n) is 26.4. The summed E-state index contributed by atoms with van der Waals surface area (Å²) in [4.78, 5) is 37.3. The van der Waals surface area contributed by atoms with E-state index in [9.17, 15) is 41.0 Å². The van der Waals surface area contributed by atoms with E-state index in [-0.39, 0.29) is 30.9 Å². The average Bonchev–Trinajstić information content (AvgIpc) is 3.32. The fourth-order valence-electron chi connectivity index (χ4n) is 6.55. The monoisotopic (exact) mass is 678 g/mol. The van der Waals surface area contributed by atoms with Crippen LogP contribution in [0.1, 0.15) is 74.4 Å². The zero-order valence-corrected chi connectivity index (χ0v) is 26.4. The molecule has 2 atom stereocenters. The molecular weight excluding hydrogens is 642 g/mol. The highest BCUT2D eigenvalue weighted by Gasteiger charge is 2.44. The molecule has 0 unspecified atom stereocenters. The third kappa shape index (κ3) is 8.01. The quantitative estimate of drug-likeness (QED) is 0.215. The van der Waals surface area contributed by atoms with E-state index in [0.29, 0.717) is 42.4 Å². The van der Waals surface area contributed by atoms with Crippen LogP contribution in [0, 0.1) is 11.8 Å². The summed E-state index contributed by atoms with van der Waals surface area (Å²) < 4.78 is 87.0. The normalized spacial score (nSPS) is 21.7. The van der Waals surface area contributed by atoms with Crippen molar-refractivity contribution in [1.29, 1.82) is 0 Å². The van der Waals surface area contributed by atoms with Crippen LogP contribution in [0.5, 0.6) is 0 Å². The summed E-state index contributed by atoms with van der Waals surface area (Å²) in [7, 11) is 0. The van der Waals surface area contributed by atoms with Crippen molar-refractivity contribution in [1.82, 2.24) is 14.9 Å². The van der Waals surface area contributed by atoms with Crippen molar-refractivity contribution in [2.45, 2.75) is 77.0 Å². The Kier molecular flexibility index (Phi) is 10.2. The Bertz CT molecular complexity index is 1580. The fourth-order valence-corrected chi connectivity index (χ4v) is 6.55. The minimum Gasteiger partial charge on any atom is -0.481 e. The maximum atomic E-state index is 13.6. The van der Waals surface area contributed by atoms with Gasteiger partial charge in [-0.25, -0.2) is 14.8 Å². The molecule has 48 heavy (non-hydrogen) atoms. The van der Waals surface area contributed by atoms with Gasteiger partial charge in [-0.15, -0.1) is 0 Å². The number of carbonyl (C=O) groups excluding carboxylic acids is 1. The summed E-state index contributed by atoms with van der Waals surface area (Å²) in [6, 6.07) is 9.45. The van der Waals surface area contributed by atoms with Crippen molar-refractivity contribution >= 4 is 17.9 Å². The third-order valence-corrected chi connectivity index (χ3v) is 9.13. The van der Waals surface area contributed by atoms with Crippen LogP contribution in [-0.2, 0) is 28.4 Å². The molecule has 3 aromatic rings. The molecule has 1 aliphatic carbocycles. The predicted molar refractivity (Wildman–Crippen MR) is 164 cm³/mol. The third-order valence-electron chi connectivity index (χ3n) is 9.13. The topological polar surface area (TPSA) is 95.9 Å². The van der Waals surface area contributed by atoms with E-state index in [1.165, 1.54) is 11.8 Å². The van der Waals surface area contributed by atoms with Gasteiger partial charge in [0.1, 0.15) is 11.8 Å². The van der Waals surface area contributed by atoms with Gasteiger partial charge >= 0.3 is 24.4 Å². The molecule has 2 fully saturated rings. The van der Waals surface area contributed by atoms with Crippen LogP contribution >= 0.6 is 0 Å². The number of aromatic nitrogens is 2. The van der Waals surface area contributed by atoms with Gasteiger partial charge < -0.3 is 14.7 Å². The standard InChI is InChI=1S/C34H36F6N4O4/c1-3-43(18-22-11-9-21(10-12-22)13-29(45)46)31-28(42-27(17-41-31)23-7-5-4-6-8-23)19-44-20(2)30(48-32(44)47)24-14-25(33(35,36)37)16-26(15-24)34(38,39)40/h4-8,14-17,20-22,30H,3,9-13,18-19H2,1-2H3,(H,45,46)/t20-,21?,22?,30-/m0/s1. The van der Waals surface area contributed by atoms with Crippen LogP contribution in [0.2, 0.25) is 0 Å². The Morgan fingerprint density at radius 3 is 2.15 bits per heavy atom. The van der Waals surface area contributed by atoms with Crippen LogP contribution < -0.4 is 4.90 Å². The molecular formula is C34H36F6N4O4. The number of carboxylic acid groups (broad SMARTS) is 1. The molecule has 1 aliphatic heterocycles. The fraction of sp³-hybridized carbons (Fsp3) is 0.471. The highest BCUT2D eigenvalue weighted by atomic mass is 19.4.